The highest BCUT2D eigenvalue weighted by molar-refractivity contribution is 6.32. The van der Waals surface area contributed by atoms with Crippen LogP contribution in [0.3, 0.4) is 0 Å². The Bertz CT molecular complexity index is 838. The van der Waals surface area contributed by atoms with Gasteiger partial charge < -0.3 is 9.73 Å². The number of aryl methyl sites for hydroxylation is 1. The van der Waals surface area contributed by atoms with Crippen LogP contribution in [0.1, 0.15) is 18.7 Å². The summed E-state index contributed by atoms with van der Waals surface area (Å²) in [5.41, 5.74) is 1.77. The molecule has 2 heterocycles. The van der Waals surface area contributed by atoms with Crippen molar-refractivity contribution >= 4 is 28.4 Å². The molecule has 1 atom stereocenters. The third-order valence-corrected chi connectivity index (χ3v) is 3.77. The van der Waals surface area contributed by atoms with Crippen molar-refractivity contribution in [2.24, 2.45) is 7.05 Å². The van der Waals surface area contributed by atoms with Gasteiger partial charge in [-0.1, -0.05) is 30.7 Å². The van der Waals surface area contributed by atoms with E-state index in [-0.39, 0.29) is 16.5 Å². The van der Waals surface area contributed by atoms with Crippen molar-refractivity contribution in [2.75, 3.05) is 11.9 Å². The van der Waals surface area contributed by atoms with E-state index in [1.165, 1.54) is 10.9 Å². The average Bonchev–Trinajstić information content (AvgIpc) is 2.96. The molecule has 3 rings (SSSR count). The number of hydrogen-bond donors (Lipinski definition) is 1. The second-order valence-electron chi connectivity index (χ2n) is 5.10. The van der Waals surface area contributed by atoms with Gasteiger partial charge in [-0.05, 0) is 12.1 Å². The molecular weight excluding hydrogens is 304 g/mol. The Morgan fingerprint density at radius 2 is 2.18 bits per heavy atom. The van der Waals surface area contributed by atoms with Crippen molar-refractivity contribution in [1.29, 1.82) is 0 Å². The van der Waals surface area contributed by atoms with E-state index in [1.54, 1.807) is 7.05 Å². The van der Waals surface area contributed by atoms with E-state index >= 15 is 0 Å². The second kappa shape index (κ2) is 5.81. The van der Waals surface area contributed by atoms with Crippen molar-refractivity contribution < 1.29 is 4.42 Å². The molecule has 1 aromatic carbocycles. The second-order valence-corrected chi connectivity index (χ2v) is 5.48. The standard InChI is InChI=1S/C15H15ClN4O2/c1-9(14-19-10-5-3-4-6-12(10)22-14)7-17-11-8-18-20(2)15(21)13(11)16/h3-6,8-9,17H,7H2,1-2H3/t9-/m0/s1. The zero-order valence-electron chi connectivity index (χ0n) is 12.2. The predicted octanol–water partition coefficient (Wildman–Crippen LogP) is 2.79. The number of halogens is 1. The average molecular weight is 319 g/mol. The maximum Gasteiger partial charge on any atom is 0.287 e. The molecule has 0 unspecified atom stereocenters. The Balaban J connectivity index is 1.76. The summed E-state index contributed by atoms with van der Waals surface area (Å²) in [6, 6.07) is 7.62. The van der Waals surface area contributed by atoms with E-state index in [9.17, 15) is 4.79 Å². The van der Waals surface area contributed by atoms with Crippen LogP contribution in [-0.2, 0) is 7.05 Å². The van der Waals surface area contributed by atoms with Gasteiger partial charge in [0.1, 0.15) is 10.5 Å². The number of benzene rings is 1. The van der Waals surface area contributed by atoms with Gasteiger partial charge in [-0.15, -0.1) is 0 Å². The SMILES string of the molecule is C[C@@H](CNc1cnn(C)c(=O)c1Cl)c1nc2ccccc2o1. The van der Waals surface area contributed by atoms with Crippen LogP contribution in [-0.4, -0.2) is 21.3 Å². The highest BCUT2D eigenvalue weighted by Crippen LogP contribution is 2.22. The largest absolute Gasteiger partial charge is 0.440 e. The monoisotopic (exact) mass is 318 g/mol. The Morgan fingerprint density at radius 3 is 2.95 bits per heavy atom. The molecule has 0 amide bonds. The van der Waals surface area contributed by atoms with Crippen LogP contribution >= 0.6 is 11.6 Å². The molecular formula is C15H15ClN4O2. The van der Waals surface area contributed by atoms with Gasteiger partial charge in [0.25, 0.3) is 5.56 Å². The topological polar surface area (TPSA) is 73.0 Å². The predicted molar refractivity (Wildman–Crippen MR) is 85.4 cm³/mol. The molecule has 0 aliphatic carbocycles. The van der Waals surface area contributed by atoms with Gasteiger partial charge in [0.2, 0.25) is 0 Å². The van der Waals surface area contributed by atoms with Crippen LogP contribution in [0.5, 0.6) is 0 Å². The Morgan fingerprint density at radius 1 is 1.41 bits per heavy atom. The van der Waals surface area contributed by atoms with Gasteiger partial charge in [0.15, 0.2) is 11.5 Å². The fraction of sp³-hybridized carbons (Fsp3) is 0.267. The molecule has 0 fully saturated rings. The van der Waals surface area contributed by atoms with E-state index in [1.807, 2.05) is 31.2 Å². The third kappa shape index (κ3) is 2.69. The number of anilines is 1. The molecule has 22 heavy (non-hydrogen) atoms. The fourth-order valence-corrected chi connectivity index (χ4v) is 2.32. The number of para-hydroxylation sites is 2. The summed E-state index contributed by atoms with van der Waals surface area (Å²) in [5.74, 6) is 0.661. The molecule has 0 bridgehead atoms. The van der Waals surface area contributed by atoms with Crippen LogP contribution in [0.15, 0.2) is 39.7 Å². The molecule has 0 saturated heterocycles. The fourth-order valence-electron chi connectivity index (χ4n) is 2.09. The number of aromatic nitrogens is 3. The van der Waals surface area contributed by atoms with E-state index in [0.29, 0.717) is 18.1 Å². The summed E-state index contributed by atoms with van der Waals surface area (Å²) in [6.45, 7) is 2.52. The minimum atomic E-state index is -0.332. The smallest absolute Gasteiger partial charge is 0.287 e. The van der Waals surface area contributed by atoms with Crippen LogP contribution in [0.2, 0.25) is 5.02 Å². The minimum absolute atomic E-state index is 0.0209. The number of nitrogens with one attached hydrogen (secondary N) is 1. The van der Waals surface area contributed by atoms with E-state index in [2.05, 4.69) is 15.4 Å². The summed E-state index contributed by atoms with van der Waals surface area (Å²) < 4.78 is 6.92. The Hall–Kier alpha value is -2.34. The van der Waals surface area contributed by atoms with Gasteiger partial charge in [-0.25, -0.2) is 9.67 Å². The zero-order valence-corrected chi connectivity index (χ0v) is 13.0. The van der Waals surface area contributed by atoms with Gasteiger partial charge in [0.05, 0.1) is 17.8 Å². The number of fused-ring (bicyclic) bond motifs is 1. The molecule has 114 valence electrons. The van der Waals surface area contributed by atoms with Crippen molar-refractivity contribution in [3.05, 3.63) is 51.7 Å². The maximum absolute atomic E-state index is 11.7. The third-order valence-electron chi connectivity index (χ3n) is 3.41. The highest BCUT2D eigenvalue weighted by atomic mass is 35.5. The molecule has 0 spiro atoms. The molecule has 3 aromatic rings. The van der Waals surface area contributed by atoms with Crippen molar-refractivity contribution in [2.45, 2.75) is 12.8 Å². The Kier molecular flexibility index (Phi) is 3.85. The Labute approximate surface area is 131 Å². The van der Waals surface area contributed by atoms with Crippen LogP contribution < -0.4 is 10.9 Å². The zero-order chi connectivity index (χ0) is 15.7. The van der Waals surface area contributed by atoms with Gasteiger partial charge in [0, 0.05) is 13.6 Å². The summed E-state index contributed by atoms with van der Waals surface area (Å²) in [5, 5.41) is 7.19. The van der Waals surface area contributed by atoms with E-state index in [4.69, 9.17) is 16.0 Å². The minimum Gasteiger partial charge on any atom is -0.440 e. The molecule has 7 heteroatoms. The normalized spacial score (nSPS) is 12.5. The molecule has 2 aromatic heterocycles. The van der Waals surface area contributed by atoms with Gasteiger partial charge in [-0.2, -0.15) is 5.10 Å². The molecule has 0 radical (unpaired) electrons. The first-order valence-corrected chi connectivity index (χ1v) is 7.25. The summed E-state index contributed by atoms with van der Waals surface area (Å²) in [7, 11) is 1.55. The molecule has 0 aliphatic rings. The van der Waals surface area contributed by atoms with Crippen LogP contribution in [0.25, 0.3) is 11.1 Å². The quantitative estimate of drug-likeness (QED) is 0.800. The van der Waals surface area contributed by atoms with E-state index in [0.717, 1.165) is 11.1 Å². The number of hydrogen-bond acceptors (Lipinski definition) is 5. The first-order valence-electron chi connectivity index (χ1n) is 6.87. The lowest BCUT2D eigenvalue weighted by Gasteiger charge is -2.11. The summed E-state index contributed by atoms with van der Waals surface area (Å²) in [6.07, 6.45) is 1.53. The summed E-state index contributed by atoms with van der Waals surface area (Å²) >= 11 is 6.02. The lowest BCUT2D eigenvalue weighted by molar-refractivity contribution is 0.494. The van der Waals surface area contributed by atoms with Crippen molar-refractivity contribution in [3.63, 3.8) is 0 Å². The molecule has 6 nitrogen and oxygen atoms in total. The number of oxazole rings is 1. The van der Waals surface area contributed by atoms with E-state index < -0.39 is 0 Å². The molecule has 1 N–H and O–H groups in total. The van der Waals surface area contributed by atoms with Crippen molar-refractivity contribution in [3.8, 4) is 0 Å². The lowest BCUT2D eigenvalue weighted by Crippen LogP contribution is -2.22. The number of rotatable bonds is 4. The first kappa shape index (κ1) is 14.6. The molecule has 0 aliphatic heterocycles. The lowest BCUT2D eigenvalue weighted by atomic mass is 10.2. The van der Waals surface area contributed by atoms with Crippen molar-refractivity contribution in [1.82, 2.24) is 14.8 Å². The maximum atomic E-state index is 11.7. The number of nitrogens with zero attached hydrogens (tertiary/aromatic N) is 3. The summed E-state index contributed by atoms with van der Waals surface area (Å²) in [4.78, 5) is 16.2. The van der Waals surface area contributed by atoms with Gasteiger partial charge >= 0.3 is 0 Å². The molecule has 0 saturated carbocycles. The van der Waals surface area contributed by atoms with Gasteiger partial charge in [-0.3, -0.25) is 4.79 Å². The van der Waals surface area contributed by atoms with Crippen LogP contribution in [0.4, 0.5) is 5.69 Å². The van der Waals surface area contributed by atoms with Crippen LogP contribution in [0, 0.1) is 0 Å². The first-order chi connectivity index (χ1) is 10.6. The highest BCUT2D eigenvalue weighted by Gasteiger charge is 2.14.